The fourth-order valence-electron chi connectivity index (χ4n) is 1.71. The van der Waals surface area contributed by atoms with Crippen molar-refractivity contribution in [3.05, 3.63) is 29.3 Å². The molecule has 1 atom stereocenters. The van der Waals surface area contributed by atoms with Gasteiger partial charge in [0, 0.05) is 19.8 Å². The third kappa shape index (κ3) is 2.75. The predicted molar refractivity (Wildman–Crippen MR) is 67.7 cm³/mol. The van der Waals surface area contributed by atoms with Crippen LogP contribution in [0, 0.1) is 13.8 Å². The van der Waals surface area contributed by atoms with E-state index in [0.29, 0.717) is 0 Å². The van der Waals surface area contributed by atoms with Crippen LogP contribution in [0.25, 0.3) is 0 Å². The zero-order valence-corrected chi connectivity index (χ0v) is 10.7. The number of aryl methyl sites for hydroxylation is 2. The summed E-state index contributed by atoms with van der Waals surface area (Å²) in [4.78, 5) is 13.3. The highest BCUT2D eigenvalue weighted by atomic mass is 16.2. The minimum absolute atomic E-state index is 0.0858. The summed E-state index contributed by atoms with van der Waals surface area (Å²) < 4.78 is 0. The number of nitrogens with one attached hydrogen (secondary N) is 1. The highest BCUT2D eigenvalue weighted by Gasteiger charge is 2.15. The second kappa shape index (κ2) is 5.01. The second-order valence-corrected chi connectivity index (χ2v) is 4.37. The van der Waals surface area contributed by atoms with Crippen LogP contribution in [-0.2, 0) is 4.79 Å². The number of hydrogen-bond donors (Lipinski definition) is 1. The molecule has 1 rings (SSSR count). The third-order valence-corrected chi connectivity index (χ3v) is 2.65. The zero-order valence-electron chi connectivity index (χ0n) is 10.7. The van der Waals surface area contributed by atoms with E-state index in [2.05, 4.69) is 5.32 Å². The fraction of sp³-hybridized carbons (Fsp3) is 0.462. The number of benzene rings is 1. The molecule has 88 valence electrons. The Bertz CT molecular complexity index is 365. The molecule has 1 unspecified atom stereocenters. The fourth-order valence-corrected chi connectivity index (χ4v) is 1.71. The molecule has 1 N–H and O–H groups in total. The number of likely N-dealkylation sites (N-methyl/N-ethyl adjacent to an activating group) is 1. The van der Waals surface area contributed by atoms with Gasteiger partial charge in [0.05, 0.1) is 0 Å². The Morgan fingerprint density at radius 3 is 2.19 bits per heavy atom. The molecule has 0 aromatic heterocycles. The van der Waals surface area contributed by atoms with Crippen molar-refractivity contribution in [3.8, 4) is 0 Å². The van der Waals surface area contributed by atoms with Gasteiger partial charge in [-0.1, -0.05) is 18.2 Å². The first-order chi connectivity index (χ1) is 7.43. The lowest BCUT2D eigenvalue weighted by atomic mass is 10.1. The molecule has 16 heavy (non-hydrogen) atoms. The molecule has 0 aliphatic carbocycles. The van der Waals surface area contributed by atoms with Crippen LogP contribution in [0.5, 0.6) is 0 Å². The van der Waals surface area contributed by atoms with Crippen molar-refractivity contribution in [3.63, 3.8) is 0 Å². The molecule has 0 bridgehead atoms. The Morgan fingerprint density at radius 2 is 1.75 bits per heavy atom. The van der Waals surface area contributed by atoms with E-state index < -0.39 is 0 Å². The first-order valence-corrected chi connectivity index (χ1v) is 5.47. The first-order valence-electron chi connectivity index (χ1n) is 5.47. The maximum absolute atomic E-state index is 11.7. The molecular formula is C13H20N2O. The molecule has 1 amide bonds. The highest BCUT2D eigenvalue weighted by Crippen LogP contribution is 2.20. The molecular weight excluding hydrogens is 200 g/mol. The van der Waals surface area contributed by atoms with E-state index in [4.69, 9.17) is 0 Å². The largest absolute Gasteiger partial charge is 0.373 e. The highest BCUT2D eigenvalue weighted by molar-refractivity contribution is 5.84. The number of amides is 1. The smallest absolute Gasteiger partial charge is 0.244 e. The van der Waals surface area contributed by atoms with Crippen molar-refractivity contribution in [2.45, 2.75) is 26.8 Å². The van der Waals surface area contributed by atoms with Crippen molar-refractivity contribution in [1.29, 1.82) is 0 Å². The van der Waals surface area contributed by atoms with Crippen LogP contribution in [0.3, 0.4) is 0 Å². The molecule has 0 saturated heterocycles. The van der Waals surface area contributed by atoms with E-state index in [1.807, 2.05) is 39.0 Å². The van der Waals surface area contributed by atoms with Crippen LogP contribution in [0.4, 0.5) is 5.69 Å². The van der Waals surface area contributed by atoms with Gasteiger partial charge in [-0.3, -0.25) is 4.79 Å². The van der Waals surface area contributed by atoms with Crippen LogP contribution >= 0.6 is 0 Å². The average Bonchev–Trinajstić information content (AvgIpc) is 2.22. The van der Waals surface area contributed by atoms with Crippen molar-refractivity contribution >= 4 is 11.6 Å². The summed E-state index contributed by atoms with van der Waals surface area (Å²) in [6, 6.07) is 5.91. The van der Waals surface area contributed by atoms with Gasteiger partial charge >= 0.3 is 0 Å². The Kier molecular flexibility index (Phi) is 3.93. The van der Waals surface area contributed by atoms with E-state index in [9.17, 15) is 4.79 Å². The van der Waals surface area contributed by atoms with Gasteiger partial charge in [-0.25, -0.2) is 0 Å². The maximum Gasteiger partial charge on any atom is 0.244 e. The Labute approximate surface area is 97.5 Å². The van der Waals surface area contributed by atoms with E-state index in [-0.39, 0.29) is 11.9 Å². The Balaban J connectivity index is 2.85. The SMILES string of the molecule is Cc1cccc(C)c1NC(C)C(=O)N(C)C. The third-order valence-electron chi connectivity index (χ3n) is 2.65. The molecule has 0 heterocycles. The average molecular weight is 220 g/mol. The second-order valence-electron chi connectivity index (χ2n) is 4.37. The molecule has 0 aliphatic rings. The normalized spacial score (nSPS) is 12.1. The zero-order chi connectivity index (χ0) is 12.3. The molecule has 1 aromatic rings. The number of carbonyl (C=O) groups is 1. The number of para-hydroxylation sites is 1. The minimum Gasteiger partial charge on any atom is -0.373 e. The topological polar surface area (TPSA) is 32.3 Å². The van der Waals surface area contributed by atoms with E-state index in [0.717, 1.165) is 5.69 Å². The summed E-state index contributed by atoms with van der Waals surface area (Å²) >= 11 is 0. The molecule has 0 fully saturated rings. The first kappa shape index (κ1) is 12.6. The van der Waals surface area contributed by atoms with Crippen LogP contribution in [0.2, 0.25) is 0 Å². The van der Waals surface area contributed by atoms with Crippen molar-refractivity contribution in [2.24, 2.45) is 0 Å². The number of rotatable bonds is 3. The summed E-state index contributed by atoms with van der Waals surface area (Å²) in [6.07, 6.45) is 0. The number of nitrogens with zero attached hydrogens (tertiary/aromatic N) is 1. The molecule has 1 aromatic carbocycles. The van der Waals surface area contributed by atoms with Crippen molar-refractivity contribution in [2.75, 3.05) is 19.4 Å². The predicted octanol–water partition coefficient (Wildman–Crippen LogP) is 2.19. The van der Waals surface area contributed by atoms with Gasteiger partial charge in [-0.05, 0) is 31.9 Å². The summed E-state index contributed by atoms with van der Waals surface area (Å²) in [5.41, 5.74) is 3.39. The standard InChI is InChI=1S/C13H20N2O/c1-9-7-6-8-10(2)12(9)14-11(3)13(16)15(4)5/h6-8,11,14H,1-5H3. The van der Waals surface area contributed by atoms with E-state index >= 15 is 0 Å². The van der Waals surface area contributed by atoms with Crippen molar-refractivity contribution < 1.29 is 4.79 Å². The van der Waals surface area contributed by atoms with Gasteiger partial charge in [-0.15, -0.1) is 0 Å². The summed E-state index contributed by atoms with van der Waals surface area (Å²) in [5.74, 6) is 0.0858. The lowest BCUT2D eigenvalue weighted by Gasteiger charge is -2.21. The molecule has 3 nitrogen and oxygen atoms in total. The minimum atomic E-state index is -0.199. The molecule has 0 saturated carbocycles. The van der Waals surface area contributed by atoms with E-state index in [1.54, 1.807) is 19.0 Å². The number of anilines is 1. The van der Waals surface area contributed by atoms with Crippen LogP contribution < -0.4 is 5.32 Å². The van der Waals surface area contributed by atoms with Crippen LogP contribution in [-0.4, -0.2) is 30.9 Å². The maximum atomic E-state index is 11.7. The number of hydrogen-bond acceptors (Lipinski definition) is 2. The summed E-state index contributed by atoms with van der Waals surface area (Å²) in [5, 5.41) is 3.27. The van der Waals surface area contributed by atoms with Crippen LogP contribution in [0.1, 0.15) is 18.1 Å². The summed E-state index contributed by atoms with van der Waals surface area (Å²) in [6.45, 7) is 5.97. The molecule has 0 aliphatic heterocycles. The Morgan fingerprint density at radius 1 is 1.25 bits per heavy atom. The molecule has 0 spiro atoms. The van der Waals surface area contributed by atoms with Gasteiger partial charge in [0.25, 0.3) is 0 Å². The van der Waals surface area contributed by atoms with Gasteiger partial charge < -0.3 is 10.2 Å². The van der Waals surface area contributed by atoms with E-state index in [1.165, 1.54) is 11.1 Å². The molecule has 3 heteroatoms. The van der Waals surface area contributed by atoms with Crippen molar-refractivity contribution in [1.82, 2.24) is 4.90 Å². The quantitative estimate of drug-likeness (QED) is 0.847. The lowest BCUT2D eigenvalue weighted by Crippen LogP contribution is -2.36. The van der Waals surface area contributed by atoms with Gasteiger partial charge in [-0.2, -0.15) is 0 Å². The Hall–Kier alpha value is -1.51. The number of carbonyl (C=O) groups excluding carboxylic acids is 1. The van der Waals surface area contributed by atoms with Gasteiger partial charge in [0.2, 0.25) is 5.91 Å². The van der Waals surface area contributed by atoms with Gasteiger partial charge in [0.1, 0.15) is 6.04 Å². The van der Waals surface area contributed by atoms with Gasteiger partial charge in [0.15, 0.2) is 0 Å². The lowest BCUT2D eigenvalue weighted by molar-refractivity contribution is -0.129. The molecule has 0 radical (unpaired) electrons. The monoisotopic (exact) mass is 220 g/mol. The van der Waals surface area contributed by atoms with Crippen LogP contribution in [0.15, 0.2) is 18.2 Å². The summed E-state index contributed by atoms with van der Waals surface area (Å²) in [7, 11) is 3.54.